The van der Waals surface area contributed by atoms with E-state index >= 15 is 0 Å². The number of aromatic nitrogens is 3. The summed E-state index contributed by atoms with van der Waals surface area (Å²) in [6.07, 6.45) is 0.555. The van der Waals surface area contributed by atoms with Gasteiger partial charge in [-0.25, -0.2) is 0 Å². The summed E-state index contributed by atoms with van der Waals surface area (Å²) < 4.78 is 44.9. The first-order chi connectivity index (χ1) is 14.4. The number of rotatable bonds is 6. The van der Waals surface area contributed by atoms with E-state index in [4.69, 9.17) is 4.52 Å². The average Bonchev–Trinajstić information content (AvgIpc) is 3.49. The van der Waals surface area contributed by atoms with Crippen molar-refractivity contribution in [2.45, 2.75) is 44.4 Å². The Balaban J connectivity index is 1.50. The zero-order valence-corrected chi connectivity index (χ0v) is 16.2. The van der Waals surface area contributed by atoms with Crippen LogP contribution >= 0.6 is 0 Å². The molecule has 2 heterocycles. The van der Waals surface area contributed by atoms with Crippen LogP contribution in [0.2, 0.25) is 0 Å². The lowest BCUT2D eigenvalue weighted by Gasteiger charge is -2.28. The minimum Gasteiger partial charge on any atom is -0.355 e. The van der Waals surface area contributed by atoms with Crippen LogP contribution in [0.4, 0.5) is 13.2 Å². The number of hydrogen-bond donors (Lipinski definition) is 0. The summed E-state index contributed by atoms with van der Waals surface area (Å²) in [5.41, 5.74) is 0.0649. The van der Waals surface area contributed by atoms with Gasteiger partial charge in [0.05, 0.1) is 6.54 Å². The summed E-state index contributed by atoms with van der Waals surface area (Å²) in [6.45, 7) is 0.414. The molecule has 0 atom stereocenters. The summed E-state index contributed by atoms with van der Waals surface area (Å²) >= 11 is 0. The Hall–Kier alpha value is -3.10. The van der Waals surface area contributed by atoms with Crippen LogP contribution in [0.1, 0.15) is 41.9 Å². The van der Waals surface area contributed by atoms with Crippen molar-refractivity contribution in [1.29, 1.82) is 0 Å². The van der Waals surface area contributed by atoms with Crippen molar-refractivity contribution in [1.82, 2.24) is 19.8 Å². The zero-order chi connectivity index (χ0) is 21.1. The van der Waals surface area contributed by atoms with Crippen LogP contribution in [0.5, 0.6) is 0 Å². The number of nitrogens with zero attached hydrogens (tertiary/aromatic N) is 4. The van der Waals surface area contributed by atoms with E-state index in [1.807, 2.05) is 30.3 Å². The molecule has 6 nitrogen and oxygen atoms in total. The van der Waals surface area contributed by atoms with Crippen LogP contribution in [-0.2, 0) is 12.7 Å². The maximum absolute atomic E-state index is 13.2. The lowest BCUT2D eigenvalue weighted by molar-refractivity contribution is -0.141. The van der Waals surface area contributed by atoms with Gasteiger partial charge in [0.2, 0.25) is 0 Å². The Morgan fingerprint density at radius 1 is 1.17 bits per heavy atom. The summed E-state index contributed by atoms with van der Waals surface area (Å²) in [5.74, 6) is 0.211. The fraction of sp³-hybridized carbons (Fsp3) is 0.381. The number of benzene rings is 1. The summed E-state index contributed by atoms with van der Waals surface area (Å²) in [5, 5.41) is 7.51. The molecular formula is C21H21F3N4O2. The van der Waals surface area contributed by atoms with E-state index < -0.39 is 11.9 Å². The first-order valence-corrected chi connectivity index (χ1v) is 9.85. The molecule has 1 aromatic carbocycles. The molecule has 4 rings (SSSR count). The van der Waals surface area contributed by atoms with E-state index in [1.54, 1.807) is 11.0 Å². The van der Waals surface area contributed by atoms with E-state index in [1.165, 1.54) is 10.9 Å². The number of halogens is 3. The molecule has 0 unspecified atom stereocenters. The molecule has 0 aliphatic heterocycles. The molecule has 3 aromatic rings. The molecule has 158 valence electrons. The van der Waals surface area contributed by atoms with Crippen molar-refractivity contribution in [2.24, 2.45) is 0 Å². The Morgan fingerprint density at radius 3 is 2.57 bits per heavy atom. The molecule has 30 heavy (non-hydrogen) atoms. The second-order valence-corrected chi connectivity index (χ2v) is 7.34. The van der Waals surface area contributed by atoms with Gasteiger partial charge in [0.1, 0.15) is 0 Å². The third-order valence-electron chi connectivity index (χ3n) is 5.32. The van der Waals surface area contributed by atoms with Gasteiger partial charge in [-0.2, -0.15) is 18.3 Å². The number of alkyl halides is 3. The van der Waals surface area contributed by atoms with E-state index in [0.717, 1.165) is 37.3 Å². The number of amides is 1. The highest BCUT2D eigenvalue weighted by Crippen LogP contribution is 2.28. The zero-order valence-electron chi connectivity index (χ0n) is 16.2. The van der Waals surface area contributed by atoms with Gasteiger partial charge in [-0.3, -0.25) is 9.48 Å². The smallest absolute Gasteiger partial charge is 0.355 e. The highest BCUT2D eigenvalue weighted by Gasteiger charge is 2.34. The topological polar surface area (TPSA) is 64.2 Å². The third-order valence-corrected chi connectivity index (χ3v) is 5.32. The van der Waals surface area contributed by atoms with E-state index in [-0.39, 0.29) is 30.7 Å². The van der Waals surface area contributed by atoms with Gasteiger partial charge in [0.15, 0.2) is 17.1 Å². The number of carbonyl (C=O) groups excluding carboxylic acids is 1. The third kappa shape index (κ3) is 4.39. The summed E-state index contributed by atoms with van der Waals surface area (Å²) in [4.78, 5) is 14.8. The van der Waals surface area contributed by atoms with E-state index in [0.29, 0.717) is 5.76 Å². The summed E-state index contributed by atoms with van der Waals surface area (Å²) in [7, 11) is 0. The molecule has 0 spiro atoms. The molecule has 1 aliphatic carbocycles. The Bertz CT molecular complexity index is 991. The quantitative estimate of drug-likeness (QED) is 0.585. The Morgan fingerprint density at radius 2 is 1.90 bits per heavy atom. The molecular weight excluding hydrogens is 397 g/mol. The van der Waals surface area contributed by atoms with Gasteiger partial charge in [-0.15, -0.1) is 0 Å². The second kappa shape index (κ2) is 8.33. The van der Waals surface area contributed by atoms with Crippen molar-refractivity contribution >= 4 is 5.91 Å². The fourth-order valence-corrected chi connectivity index (χ4v) is 3.78. The predicted molar refractivity (Wildman–Crippen MR) is 102 cm³/mol. The first-order valence-electron chi connectivity index (χ1n) is 9.85. The highest BCUT2D eigenvalue weighted by molar-refractivity contribution is 5.93. The largest absolute Gasteiger partial charge is 0.435 e. The van der Waals surface area contributed by atoms with Crippen LogP contribution in [0.15, 0.2) is 53.2 Å². The van der Waals surface area contributed by atoms with Crippen molar-refractivity contribution in [3.8, 4) is 11.3 Å². The standard InChI is InChI=1S/C21H21F3N4O2/c22-21(23,24)19-10-11-27(25-19)12-13-28(16-8-4-5-9-16)20(29)17-14-18(30-26-17)15-6-2-1-3-7-15/h1-3,6-7,10-11,14,16H,4-5,8-9,12-13H2. The van der Waals surface area contributed by atoms with Crippen LogP contribution in [0.25, 0.3) is 11.3 Å². The van der Waals surface area contributed by atoms with Gasteiger partial charge in [0, 0.05) is 30.4 Å². The predicted octanol–water partition coefficient (Wildman–Crippen LogP) is 4.64. The molecule has 2 aromatic heterocycles. The van der Waals surface area contributed by atoms with Crippen LogP contribution in [-0.4, -0.2) is 38.3 Å². The molecule has 1 fully saturated rings. The van der Waals surface area contributed by atoms with Gasteiger partial charge < -0.3 is 9.42 Å². The lowest BCUT2D eigenvalue weighted by atomic mass is 10.1. The molecule has 9 heteroatoms. The molecule has 0 N–H and O–H groups in total. The van der Waals surface area contributed by atoms with Gasteiger partial charge in [-0.05, 0) is 18.9 Å². The highest BCUT2D eigenvalue weighted by atomic mass is 19.4. The number of carbonyl (C=O) groups is 1. The molecule has 1 saturated carbocycles. The number of hydrogen-bond acceptors (Lipinski definition) is 4. The molecule has 0 radical (unpaired) electrons. The lowest BCUT2D eigenvalue weighted by Crippen LogP contribution is -2.41. The second-order valence-electron chi connectivity index (χ2n) is 7.34. The normalized spacial score (nSPS) is 14.9. The van der Waals surface area contributed by atoms with Crippen molar-refractivity contribution in [3.05, 3.63) is 60.0 Å². The minimum absolute atomic E-state index is 0.0343. The average molecular weight is 418 g/mol. The maximum Gasteiger partial charge on any atom is 0.435 e. The molecule has 0 bridgehead atoms. The molecule has 0 saturated heterocycles. The van der Waals surface area contributed by atoms with Crippen molar-refractivity contribution in [3.63, 3.8) is 0 Å². The van der Waals surface area contributed by atoms with Gasteiger partial charge in [0.25, 0.3) is 5.91 Å². The van der Waals surface area contributed by atoms with Gasteiger partial charge in [-0.1, -0.05) is 48.3 Å². The molecule has 1 aliphatic rings. The van der Waals surface area contributed by atoms with E-state index in [9.17, 15) is 18.0 Å². The van der Waals surface area contributed by atoms with Gasteiger partial charge >= 0.3 is 6.18 Å². The van der Waals surface area contributed by atoms with E-state index in [2.05, 4.69) is 10.3 Å². The maximum atomic E-state index is 13.2. The minimum atomic E-state index is -4.49. The Kier molecular flexibility index (Phi) is 5.61. The van der Waals surface area contributed by atoms with Crippen molar-refractivity contribution < 1.29 is 22.5 Å². The van der Waals surface area contributed by atoms with Crippen molar-refractivity contribution in [2.75, 3.05) is 6.54 Å². The van der Waals surface area contributed by atoms with Crippen LogP contribution in [0.3, 0.4) is 0 Å². The summed E-state index contributed by atoms with van der Waals surface area (Å²) in [6, 6.07) is 11.9. The fourth-order valence-electron chi connectivity index (χ4n) is 3.78. The Labute approximate surface area is 171 Å². The van der Waals surface area contributed by atoms with Crippen LogP contribution in [0, 0.1) is 0 Å². The first kappa shape index (κ1) is 20.2. The van der Waals surface area contributed by atoms with Crippen LogP contribution < -0.4 is 0 Å². The monoisotopic (exact) mass is 418 g/mol. The molecule has 1 amide bonds. The SMILES string of the molecule is O=C(c1cc(-c2ccccc2)on1)N(CCn1ccc(C(F)(F)F)n1)C1CCCC1.